The van der Waals surface area contributed by atoms with Gasteiger partial charge in [0.15, 0.2) is 0 Å². The minimum Gasteiger partial charge on any atom is -0.481 e. The van der Waals surface area contributed by atoms with Crippen LogP contribution in [-0.4, -0.2) is 29.8 Å². The molecule has 4 nitrogen and oxygen atoms in total. The molecule has 0 saturated carbocycles. The highest BCUT2D eigenvalue weighted by Crippen LogP contribution is 2.13. The molecule has 1 heterocycles. The molecule has 1 saturated heterocycles. The number of rotatable bonds is 5. The Morgan fingerprint density at radius 1 is 1.39 bits per heavy atom. The summed E-state index contributed by atoms with van der Waals surface area (Å²) in [6, 6.07) is 8.13. The smallest absolute Gasteiger partial charge is 0.307 e. The maximum atomic E-state index is 10.6. The van der Waals surface area contributed by atoms with Crippen LogP contribution in [0.15, 0.2) is 24.3 Å². The molecule has 1 fully saturated rings. The number of benzene rings is 1. The zero-order chi connectivity index (χ0) is 13.0. The number of ether oxygens (including phenoxy) is 1. The Hall–Kier alpha value is -1.39. The van der Waals surface area contributed by atoms with Crippen molar-refractivity contribution < 1.29 is 14.6 Å². The molecule has 98 valence electrons. The molecule has 0 aliphatic carbocycles. The van der Waals surface area contributed by atoms with Crippen LogP contribution < -0.4 is 5.32 Å². The maximum absolute atomic E-state index is 10.6. The third-order valence-electron chi connectivity index (χ3n) is 3.32. The lowest BCUT2D eigenvalue weighted by Crippen LogP contribution is -2.34. The molecule has 2 atom stereocenters. The van der Waals surface area contributed by atoms with Crippen LogP contribution in [-0.2, 0) is 22.5 Å². The van der Waals surface area contributed by atoms with Crippen molar-refractivity contribution in [3.8, 4) is 0 Å². The minimum atomic E-state index is -0.794. The average Bonchev–Trinajstić information content (AvgIpc) is 2.73. The van der Waals surface area contributed by atoms with Crippen molar-refractivity contribution in [2.45, 2.75) is 38.5 Å². The van der Waals surface area contributed by atoms with E-state index in [0.717, 1.165) is 25.1 Å². The molecule has 1 aromatic rings. The third-order valence-corrected chi connectivity index (χ3v) is 3.32. The molecule has 2 N–H and O–H groups in total. The first kappa shape index (κ1) is 13.1. The molecule has 18 heavy (non-hydrogen) atoms. The van der Waals surface area contributed by atoms with Crippen LogP contribution >= 0.6 is 0 Å². The molecule has 2 unspecified atom stereocenters. The zero-order valence-corrected chi connectivity index (χ0v) is 10.6. The van der Waals surface area contributed by atoms with E-state index in [2.05, 4.69) is 12.2 Å². The summed E-state index contributed by atoms with van der Waals surface area (Å²) in [7, 11) is 0. The summed E-state index contributed by atoms with van der Waals surface area (Å²) >= 11 is 0. The average molecular weight is 249 g/mol. The topological polar surface area (TPSA) is 58.6 Å². The first-order valence-corrected chi connectivity index (χ1v) is 6.30. The highest BCUT2D eigenvalue weighted by molar-refractivity contribution is 5.70. The molecule has 4 heteroatoms. The summed E-state index contributed by atoms with van der Waals surface area (Å²) in [6.07, 6.45) is 1.41. The van der Waals surface area contributed by atoms with Crippen molar-refractivity contribution in [3.63, 3.8) is 0 Å². The molecule has 0 bridgehead atoms. The third kappa shape index (κ3) is 3.55. The fourth-order valence-electron chi connectivity index (χ4n) is 2.20. The highest BCUT2D eigenvalue weighted by atomic mass is 16.5. The van der Waals surface area contributed by atoms with E-state index in [-0.39, 0.29) is 12.5 Å². The number of hydrogen-bond acceptors (Lipinski definition) is 3. The summed E-state index contributed by atoms with van der Waals surface area (Å²) in [5.41, 5.74) is 2.01. The van der Waals surface area contributed by atoms with E-state index in [4.69, 9.17) is 9.84 Å². The van der Waals surface area contributed by atoms with Gasteiger partial charge in [-0.25, -0.2) is 0 Å². The summed E-state index contributed by atoms with van der Waals surface area (Å²) in [4.78, 5) is 10.6. The Kier molecular flexibility index (Phi) is 4.33. The van der Waals surface area contributed by atoms with Gasteiger partial charge in [0.05, 0.1) is 12.5 Å². The minimum absolute atomic E-state index is 0.0845. The van der Waals surface area contributed by atoms with E-state index in [9.17, 15) is 4.79 Å². The quantitative estimate of drug-likeness (QED) is 0.832. The van der Waals surface area contributed by atoms with Gasteiger partial charge in [0.1, 0.15) is 0 Å². The lowest BCUT2D eigenvalue weighted by atomic mass is 10.1. The SMILES string of the molecule is CC1OCCC1NCc1ccc(CC(=O)O)cc1. The molecule has 0 aromatic heterocycles. The van der Waals surface area contributed by atoms with Crippen molar-refractivity contribution in [2.75, 3.05) is 6.61 Å². The number of nitrogens with one attached hydrogen (secondary N) is 1. The van der Waals surface area contributed by atoms with Crippen LogP contribution in [0.1, 0.15) is 24.5 Å². The Morgan fingerprint density at radius 2 is 2.06 bits per heavy atom. The molecular formula is C14H19NO3. The number of carboxylic acids is 1. The summed E-state index contributed by atoms with van der Waals surface area (Å²) in [6.45, 7) is 3.71. The van der Waals surface area contributed by atoms with Gasteiger partial charge in [-0.3, -0.25) is 4.79 Å². The van der Waals surface area contributed by atoms with Crippen molar-refractivity contribution in [1.82, 2.24) is 5.32 Å². The van der Waals surface area contributed by atoms with E-state index in [0.29, 0.717) is 6.04 Å². The van der Waals surface area contributed by atoms with Gasteiger partial charge in [0, 0.05) is 19.2 Å². The van der Waals surface area contributed by atoms with Crippen LogP contribution in [0.3, 0.4) is 0 Å². The number of hydrogen-bond donors (Lipinski definition) is 2. The molecule has 2 rings (SSSR count). The summed E-state index contributed by atoms with van der Waals surface area (Å²) in [5, 5.41) is 12.2. The Balaban J connectivity index is 1.84. The fraction of sp³-hybridized carbons (Fsp3) is 0.500. The van der Waals surface area contributed by atoms with Gasteiger partial charge in [-0.2, -0.15) is 0 Å². The predicted octanol–water partition coefficient (Wildman–Crippen LogP) is 1.58. The summed E-state index contributed by atoms with van der Waals surface area (Å²) < 4.78 is 5.49. The second kappa shape index (κ2) is 5.98. The maximum Gasteiger partial charge on any atom is 0.307 e. The molecule has 1 aliphatic rings. The van der Waals surface area contributed by atoms with Crippen LogP contribution in [0.5, 0.6) is 0 Å². The highest BCUT2D eigenvalue weighted by Gasteiger charge is 2.23. The fourth-order valence-corrected chi connectivity index (χ4v) is 2.20. The zero-order valence-electron chi connectivity index (χ0n) is 10.6. The normalized spacial score (nSPS) is 23.2. The second-order valence-corrected chi connectivity index (χ2v) is 4.74. The van der Waals surface area contributed by atoms with Crippen LogP contribution in [0.2, 0.25) is 0 Å². The van der Waals surface area contributed by atoms with Gasteiger partial charge in [-0.1, -0.05) is 24.3 Å². The van der Waals surface area contributed by atoms with E-state index < -0.39 is 5.97 Å². The van der Waals surface area contributed by atoms with E-state index in [1.807, 2.05) is 24.3 Å². The van der Waals surface area contributed by atoms with Gasteiger partial charge in [0.25, 0.3) is 0 Å². The first-order chi connectivity index (χ1) is 8.65. The van der Waals surface area contributed by atoms with Crippen LogP contribution in [0.25, 0.3) is 0 Å². The molecular weight excluding hydrogens is 230 g/mol. The van der Waals surface area contributed by atoms with E-state index >= 15 is 0 Å². The molecule has 0 spiro atoms. The van der Waals surface area contributed by atoms with Gasteiger partial charge >= 0.3 is 5.97 Å². The van der Waals surface area contributed by atoms with Crippen molar-refractivity contribution in [1.29, 1.82) is 0 Å². The van der Waals surface area contributed by atoms with Gasteiger partial charge in [-0.15, -0.1) is 0 Å². The largest absolute Gasteiger partial charge is 0.481 e. The Labute approximate surface area is 107 Å². The Bertz CT molecular complexity index is 402. The lowest BCUT2D eigenvalue weighted by molar-refractivity contribution is -0.136. The summed E-state index contributed by atoms with van der Waals surface area (Å²) in [5.74, 6) is -0.794. The van der Waals surface area contributed by atoms with Crippen molar-refractivity contribution >= 4 is 5.97 Å². The van der Waals surface area contributed by atoms with Crippen molar-refractivity contribution in [2.24, 2.45) is 0 Å². The van der Waals surface area contributed by atoms with Gasteiger partial charge in [0.2, 0.25) is 0 Å². The van der Waals surface area contributed by atoms with Crippen LogP contribution in [0.4, 0.5) is 0 Å². The van der Waals surface area contributed by atoms with E-state index in [1.165, 1.54) is 5.56 Å². The van der Waals surface area contributed by atoms with E-state index in [1.54, 1.807) is 0 Å². The second-order valence-electron chi connectivity index (χ2n) is 4.74. The Morgan fingerprint density at radius 3 is 2.61 bits per heavy atom. The lowest BCUT2D eigenvalue weighted by Gasteiger charge is -2.16. The molecule has 1 aromatic carbocycles. The standard InChI is InChI=1S/C14H19NO3/c1-10-13(6-7-18-10)15-9-12-4-2-11(3-5-12)8-14(16)17/h2-5,10,13,15H,6-9H2,1H3,(H,16,17). The monoisotopic (exact) mass is 249 g/mol. The molecule has 0 amide bonds. The number of carboxylic acid groups (broad SMARTS) is 1. The van der Waals surface area contributed by atoms with Crippen molar-refractivity contribution in [3.05, 3.63) is 35.4 Å². The first-order valence-electron chi connectivity index (χ1n) is 6.30. The predicted molar refractivity (Wildman–Crippen MR) is 68.4 cm³/mol. The van der Waals surface area contributed by atoms with Gasteiger partial charge < -0.3 is 15.2 Å². The number of carbonyl (C=O) groups is 1. The molecule has 0 radical (unpaired) electrons. The van der Waals surface area contributed by atoms with Gasteiger partial charge in [-0.05, 0) is 24.5 Å². The number of aliphatic carboxylic acids is 1. The molecule has 1 aliphatic heterocycles. The van der Waals surface area contributed by atoms with Crippen LogP contribution in [0, 0.1) is 0 Å².